The molecule has 0 radical (unpaired) electrons. The van der Waals surface area contributed by atoms with Gasteiger partial charge in [-0.1, -0.05) is 12.1 Å². The van der Waals surface area contributed by atoms with Crippen LogP contribution in [0.4, 0.5) is 11.9 Å². The lowest BCUT2D eigenvalue weighted by Gasteiger charge is -2.17. The minimum Gasteiger partial charge on any atom is -0.496 e. The minimum atomic E-state index is 0.577. The molecule has 3 rings (SSSR count). The summed E-state index contributed by atoms with van der Waals surface area (Å²) in [5.41, 5.74) is 0.874. The van der Waals surface area contributed by atoms with Crippen LogP contribution in [0.1, 0.15) is 12.8 Å². The molecular formula is C15H19N5O. The molecule has 0 unspecified atom stereocenters. The zero-order valence-corrected chi connectivity index (χ0v) is 12.3. The van der Waals surface area contributed by atoms with Gasteiger partial charge in [0.2, 0.25) is 11.9 Å². The third-order valence-electron chi connectivity index (χ3n) is 3.58. The van der Waals surface area contributed by atoms with Crippen molar-refractivity contribution in [1.82, 2.24) is 15.0 Å². The van der Waals surface area contributed by atoms with Crippen LogP contribution in [0, 0.1) is 0 Å². The molecule has 21 heavy (non-hydrogen) atoms. The Labute approximate surface area is 124 Å². The Kier molecular flexibility index (Phi) is 3.85. The third-order valence-corrected chi connectivity index (χ3v) is 3.58. The molecule has 6 heteroatoms. The van der Waals surface area contributed by atoms with Crippen LogP contribution in [0.2, 0.25) is 0 Å². The van der Waals surface area contributed by atoms with E-state index in [0.29, 0.717) is 11.8 Å². The molecule has 0 saturated carbocycles. The van der Waals surface area contributed by atoms with E-state index in [9.17, 15) is 0 Å². The number of anilines is 2. The number of benzene rings is 1. The Morgan fingerprint density at radius 2 is 1.86 bits per heavy atom. The third kappa shape index (κ3) is 2.74. The van der Waals surface area contributed by atoms with Crippen molar-refractivity contribution in [3.05, 3.63) is 24.3 Å². The molecule has 0 spiro atoms. The number of para-hydroxylation sites is 1. The van der Waals surface area contributed by atoms with Crippen molar-refractivity contribution in [3.8, 4) is 17.1 Å². The normalized spacial score (nSPS) is 14.3. The van der Waals surface area contributed by atoms with Crippen LogP contribution in [0.15, 0.2) is 24.3 Å². The summed E-state index contributed by atoms with van der Waals surface area (Å²) in [7, 11) is 3.47. The smallest absolute Gasteiger partial charge is 0.230 e. The molecule has 1 aromatic heterocycles. The number of nitrogens with one attached hydrogen (secondary N) is 1. The van der Waals surface area contributed by atoms with Crippen LogP contribution in [0.3, 0.4) is 0 Å². The Morgan fingerprint density at radius 1 is 1.10 bits per heavy atom. The van der Waals surface area contributed by atoms with E-state index in [1.165, 1.54) is 12.8 Å². The summed E-state index contributed by atoms with van der Waals surface area (Å²) < 4.78 is 5.40. The molecule has 2 aromatic rings. The van der Waals surface area contributed by atoms with Crippen molar-refractivity contribution in [3.63, 3.8) is 0 Å². The lowest BCUT2D eigenvalue weighted by atomic mass is 10.2. The number of ether oxygens (including phenoxy) is 1. The summed E-state index contributed by atoms with van der Waals surface area (Å²) in [5, 5.41) is 3.01. The highest BCUT2D eigenvalue weighted by Gasteiger charge is 2.18. The number of aromatic nitrogens is 3. The second-order valence-electron chi connectivity index (χ2n) is 4.93. The summed E-state index contributed by atoms with van der Waals surface area (Å²) in [5.74, 6) is 2.70. The molecule has 0 aliphatic carbocycles. The monoisotopic (exact) mass is 285 g/mol. The van der Waals surface area contributed by atoms with Gasteiger partial charge in [-0.25, -0.2) is 0 Å². The molecule has 1 aromatic carbocycles. The summed E-state index contributed by atoms with van der Waals surface area (Å²) in [4.78, 5) is 15.8. The van der Waals surface area contributed by atoms with E-state index in [0.717, 1.165) is 30.4 Å². The first-order valence-corrected chi connectivity index (χ1v) is 7.14. The van der Waals surface area contributed by atoms with Gasteiger partial charge in [0.05, 0.1) is 12.7 Å². The number of nitrogens with zero attached hydrogens (tertiary/aromatic N) is 4. The lowest BCUT2D eigenvalue weighted by Crippen LogP contribution is -2.21. The SMILES string of the molecule is CNc1nc(-c2ccccc2OC)nc(N2CCCC2)n1. The minimum absolute atomic E-state index is 0.577. The van der Waals surface area contributed by atoms with E-state index >= 15 is 0 Å². The lowest BCUT2D eigenvalue weighted by molar-refractivity contribution is 0.416. The van der Waals surface area contributed by atoms with Gasteiger partial charge in [0.15, 0.2) is 5.82 Å². The van der Waals surface area contributed by atoms with Crippen molar-refractivity contribution in [2.75, 3.05) is 37.5 Å². The van der Waals surface area contributed by atoms with Gasteiger partial charge in [0.1, 0.15) is 5.75 Å². The Balaban J connectivity index is 2.06. The van der Waals surface area contributed by atoms with Crippen LogP contribution in [-0.4, -0.2) is 42.2 Å². The molecule has 1 fully saturated rings. The molecule has 110 valence electrons. The van der Waals surface area contributed by atoms with E-state index < -0.39 is 0 Å². The predicted octanol–water partition coefficient (Wildman–Crippen LogP) is 2.19. The van der Waals surface area contributed by atoms with Gasteiger partial charge in [-0.2, -0.15) is 15.0 Å². The first kappa shape index (κ1) is 13.6. The first-order valence-electron chi connectivity index (χ1n) is 7.14. The fraction of sp³-hybridized carbons (Fsp3) is 0.400. The summed E-state index contributed by atoms with van der Waals surface area (Å²) >= 11 is 0. The number of hydrogen-bond acceptors (Lipinski definition) is 6. The number of rotatable bonds is 4. The van der Waals surface area contributed by atoms with Crippen molar-refractivity contribution in [2.45, 2.75) is 12.8 Å². The Hall–Kier alpha value is -2.37. The zero-order chi connectivity index (χ0) is 14.7. The highest BCUT2D eigenvalue weighted by atomic mass is 16.5. The van der Waals surface area contributed by atoms with E-state index in [4.69, 9.17) is 4.74 Å². The van der Waals surface area contributed by atoms with E-state index in [-0.39, 0.29) is 0 Å². The molecule has 0 atom stereocenters. The van der Waals surface area contributed by atoms with Gasteiger partial charge in [-0.05, 0) is 25.0 Å². The summed E-state index contributed by atoms with van der Waals surface area (Å²) in [6, 6.07) is 7.76. The van der Waals surface area contributed by atoms with Gasteiger partial charge in [-0.15, -0.1) is 0 Å². The standard InChI is InChI=1S/C15H19N5O/c1-16-14-17-13(11-7-3-4-8-12(11)21-2)18-15(19-14)20-9-5-6-10-20/h3-4,7-8H,5-6,9-10H2,1-2H3,(H,16,17,18,19). The zero-order valence-electron chi connectivity index (χ0n) is 12.3. The van der Waals surface area contributed by atoms with Crippen LogP contribution in [-0.2, 0) is 0 Å². The summed E-state index contributed by atoms with van der Waals surface area (Å²) in [6.45, 7) is 2.00. The van der Waals surface area contributed by atoms with Crippen molar-refractivity contribution < 1.29 is 4.74 Å². The Bertz CT molecular complexity index is 625. The van der Waals surface area contributed by atoms with E-state index in [1.54, 1.807) is 7.11 Å². The van der Waals surface area contributed by atoms with Gasteiger partial charge < -0.3 is 15.0 Å². The van der Waals surface area contributed by atoms with Crippen LogP contribution in [0.25, 0.3) is 11.4 Å². The highest BCUT2D eigenvalue weighted by molar-refractivity contribution is 5.65. The maximum absolute atomic E-state index is 5.40. The molecule has 1 saturated heterocycles. The van der Waals surface area contributed by atoms with Crippen LogP contribution >= 0.6 is 0 Å². The molecule has 0 amide bonds. The van der Waals surface area contributed by atoms with E-state index in [2.05, 4.69) is 25.2 Å². The van der Waals surface area contributed by atoms with Gasteiger partial charge >= 0.3 is 0 Å². The van der Waals surface area contributed by atoms with Gasteiger partial charge in [-0.3, -0.25) is 0 Å². The number of methoxy groups -OCH3 is 1. The van der Waals surface area contributed by atoms with Gasteiger partial charge in [0, 0.05) is 20.1 Å². The summed E-state index contributed by atoms with van der Waals surface area (Å²) in [6.07, 6.45) is 2.37. The second kappa shape index (κ2) is 5.95. The molecule has 1 aliphatic rings. The highest BCUT2D eigenvalue weighted by Crippen LogP contribution is 2.29. The molecule has 6 nitrogen and oxygen atoms in total. The van der Waals surface area contributed by atoms with Gasteiger partial charge in [0.25, 0.3) is 0 Å². The molecule has 0 bridgehead atoms. The van der Waals surface area contributed by atoms with E-state index in [1.807, 2.05) is 31.3 Å². The quantitative estimate of drug-likeness (QED) is 0.929. The van der Waals surface area contributed by atoms with Crippen LogP contribution < -0.4 is 15.0 Å². The fourth-order valence-corrected chi connectivity index (χ4v) is 2.48. The number of hydrogen-bond donors (Lipinski definition) is 1. The van der Waals surface area contributed by atoms with Crippen molar-refractivity contribution in [1.29, 1.82) is 0 Å². The fourth-order valence-electron chi connectivity index (χ4n) is 2.48. The van der Waals surface area contributed by atoms with Crippen molar-refractivity contribution in [2.24, 2.45) is 0 Å². The maximum atomic E-state index is 5.40. The largest absolute Gasteiger partial charge is 0.496 e. The molecular weight excluding hydrogens is 266 g/mol. The average Bonchev–Trinajstić information content (AvgIpc) is 3.09. The molecule has 2 heterocycles. The second-order valence-corrected chi connectivity index (χ2v) is 4.93. The predicted molar refractivity (Wildman–Crippen MR) is 82.8 cm³/mol. The topological polar surface area (TPSA) is 63.2 Å². The Morgan fingerprint density at radius 3 is 2.57 bits per heavy atom. The maximum Gasteiger partial charge on any atom is 0.230 e. The first-order chi connectivity index (χ1) is 10.3. The average molecular weight is 285 g/mol. The molecule has 1 aliphatic heterocycles. The molecule has 1 N–H and O–H groups in total. The van der Waals surface area contributed by atoms with Crippen molar-refractivity contribution >= 4 is 11.9 Å². The van der Waals surface area contributed by atoms with Crippen LogP contribution in [0.5, 0.6) is 5.75 Å².